The third kappa shape index (κ3) is 5.83. The molecule has 0 fully saturated rings. The summed E-state index contributed by atoms with van der Waals surface area (Å²) < 4.78 is 4.63. The van der Waals surface area contributed by atoms with Gasteiger partial charge in [0, 0.05) is 46.5 Å². The van der Waals surface area contributed by atoms with Crippen LogP contribution in [0, 0.1) is 6.33 Å². The Labute approximate surface area is 355 Å². The average molecular weight is 782 g/mol. The van der Waals surface area contributed by atoms with E-state index in [2.05, 4.69) is 219 Å². The molecule has 10 rings (SSSR count). The van der Waals surface area contributed by atoms with Crippen molar-refractivity contribution >= 4 is 68.3 Å². The van der Waals surface area contributed by atoms with Crippen LogP contribution in [0.5, 0.6) is 0 Å². The number of imidazole rings is 1. The Hall–Kier alpha value is -6.40. The van der Waals surface area contributed by atoms with Crippen LogP contribution in [-0.2, 0) is 0 Å². The van der Waals surface area contributed by atoms with Crippen molar-refractivity contribution in [1.82, 2.24) is 9.55 Å². The average Bonchev–Trinajstić information content (AvgIpc) is 3.64. The molecule has 0 N–H and O–H groups in total. The predicted molar refractivity (Wildman–Crippen MR) is 252 cm³/mol. The van der Waals surface area contributed by atoms with E-state index < -0.39 is 0 Å². The molecule has 0 radical (unpaired) electrons. The van der Waals surface area contributed by atoms with Crippen molar-refractivity contribution < 1.29 is 4.57 Å². The van der Waals surface area contributed by atoms with Crippen molar-refractivity contribution in [1.29, 1.82) is 0 Å². The number of hydrogen-bond donors (Lipinski definition) is 0. The Morgan fingerprint density at radius 3 is 1.58 bits per heavy atom. The largest absolute Gasteiger partial charge is 0.311 e. The molecule has 60 heavy (non-hydrogen) atoms. The Bertz CT molecular complexity index is 2870. The maximum absolute atomic E-state index is 4.69. The van der Waals surface area contributed by atoms with Gasteiger partial charge in [0.05, 0.1) is 22.4 Å². The van der Waals surface area contributed by atoms with Crippen molar-refractivity contribution in [2.45, 2.75) is 79.1 Å². The molecular formula is C54H52BN5. The van der Waals surface area contributed by atoms with Crippen LogP contribution in [0.2, 0.25) is 0 Å². The smallest absolute Gasteiger partial charge is 0.269 e. The maximum Gasteiger partial charge on any atom is 0.269 e. The standard InChI is InChI=1S/C54H52BN5/c1-34(2)40-20-16-21-41(35(3)4)53(40)58-33-57(48-28-29-56-32-51(48)58)54-42(36(5)6)30-39(31-43(54)37(7)8)60-47-25-15-13-23-45(47)55-44-22-12-14-24-46(44)59(38-18-10-9-11-19-38)49-26-17-27-50(60)52(49)55/h9-32,34-37H,1-8H3. The molecule has 4 heterocycles. The van der Waals surface area contributed by atoms with Gasteiger partial charge in [0.1, 0.15) is 0 Å². The van der Waals surface area contributed by atoms with Crippen molar-refractivity contribution in [3.63, 3.8) is 0 Å². The summed E-state index contributed by atoms with van der Waals surface area (Å²) in [5.74, 6) is 1.14. The lowest BCUT2D eigenvalue weighted by atomic mass is 9.33. The summed E-state index contributed by atoms with van der Waals surface area (Å²) in [5, 5.41) is 0. The van der Waals surface area contributed by atoms with Gasteiger partial charge in [-0.15, -0.1) is 0 Å². The molecule has 8 aromatic rings. The molecule has 296 valence electrons. The molecule has 0 saturated heterocycles. The maximum atomic E-state index is 4.69. The van der Waals surface area contributed by atoms with Crippen molar-refractivity contribution in [3.8, 4) is 11.4 Å². The number of para-hydroxylation sites is 4. The molecule has 2 aliphatic rings. The summed E-state index contributed by atoms with van der Waals surface area (Å²) in [7, 11) is 0. The molecule has 5 nitrogen and oxygen atoms in total. The van der Waals surface area contributed by atoms with E-state index >= 15 is 0 Å². The number of hydrogen-bond acceptors (Lipinski definition) is 3. The highest BCUT2D eigenvalue weighted by atomic mass is 15.2. The first-order valence-corrected chi connectivity index (χ1v) is 21.7. The van der Waals surface area contributed by atoms with Gasteiger partial charge in [-0.25, -0.2) is 0 Å². The number of rotatable bonds is 8. The van der Waals surface area contributed by atoms with E-state index in [1.54, 1.807) is 0 Å². The van der Waals surface area contributed by atoms with E-state index in [-0.39, 0.29) is 18.5 Å². The quantitative estimate of drug-likeness (QED) is 0.0873. The molecule has 6 aromatic carbocycles. The molecule has 0 unspecified atom stereocenters. The molecule has 2 aliphatic heterocycles. The predicted octanol–water partition coefficient (Wildman–Crippen LogP) is 11.7. The number of aromatic nitrogens is 3. The van der Waals surface area contributed by atoms with Crippen LogP contribution in [-0.4, -0.2) is 16.3 Å². The van der Waals surface area contributed by atoms with Crippen LogP contribution in [0.4, 0.5) is 34.1 Å². The second-order valence-corrected chi connectivity index (χ2v) is 17.8. The number of pyridine rings is 1. The molecule has 2 aromatic heterocycles. The topological polar surface area (TPSA) is 28.2 Å². The number of nitrogens with zero attached hydrogens (tertiary/aromatic N) is 5. The van der Waals surface area contributed by atoms with E-state index in [4.69, 9.17) is 0 Å². The lowest BCUT2D eigenvalue weighted by molar-refractivity contribution is -0.573. The summed E-state index contributed by atoms with van der Waals surface area (Å²) in [6.45, 7) is 18.6. The van der Waals surface area contributed by atoms with Crippen molar-refractivity contribution in [2.75, 3.05) is 9.80 Å². The van der Waals surface area contributed by atoms with Gasteiger partial charge in [0.25, 0.3) is 13.0 Å². The molecule has 0 spiro atoms. The molecule has 0 aliphatic carbocycles. The van der Waals surface area contributed by atoms with Gasteiger partial charge in [-0.05, 0) is 117 Å². The molecule has 0 bridgehead atoms. The fraction of sp³-hybridized carbons (Fsp3) is 0.222. The van der Waals surface area contributed by atoms with Crippen LogP contribution in [0.3, 0.4) is 0 Å². The van der Waals surface area contributed by atoms with Crippen LogP contribution in [0.25, 0.3) is 22.4 Å². The highest BCUT2D eigenvalue weighted by Gasteiger charge is 2.43. The van der Waals surface area contributed by atoms with Gasteiger partial charge in [-0.3, -0.25) is 14.1 Å². The van der Waals surface area contributed by atoms with Gasteiger partial charge in [-0.2, -0.15) is 0 Å². The first kappa shape index (κ1) is 37.8. The molecule has 6 heteroatoms. The molecule has 0 amide bonds. The molecular weight excluding hydrogens is 729 g/mol. The second kappa shape index (κ2) is 14.7. The Morgan fingerprint density at radius 1 is 0.517 bits per heavy atom. The summed E-state index contributed by atoms with van der Waals surface area (Å²) in [6, 6.07) is 49.6. The van der Waals surface area contributed by atoms with Gasteiger partial charge >= 0.3 is 0 Å². The zero-order valence-corrected chi connectivity index (χ0v) is 36.0. The summed E-state index contributed by atoms with van der Waals surface area (Å²) in [5.41, 5.74) is 21.0. The van der Waals surface area contributed by atoms with E-state index in [1.807, 2.05) is 12.4 Å². The van der Waals surface area contributed by atoms with Crippen LogP contribution in [0.1, 0.15) is 101 Å². The summed E-state index contributed by atoms with van der Waals surface area (Å²) >= 11 is 0. The second-order valence-electron chi connectivity index (χ2n) is 17.8. The minimum absolute atomic E-state index is 0.0996. The lowest BCUT2D eigenvalue weighted by Crippen LogP contribution is -2.61. The highest BCUT2D eigenvalue weighted by molar-refractivity contribution is 7.00. The van der Waals surface area contributed by atoms with Crippen molar-refractivity contribution in [2.24, 2.45) is 0 Å². The van der Waals surface area contributed by atoms with Gasteiger partial charge < -0.3 is 9.80 Å². The first-order valence-electron chi connectivity index (χ1n) is 21.7. The normalized spacial score (nSPS) is 13.2. The summed E-state index contributed by atoms with van der Waals surface area (Å²) in [6.07, 6.45) is 7.90. The van der Waals surface area contributed by atoms with Crippen LogP contribution in [0.15, 0.2) is 146 Å². The Morgan fingerprint density at radius 2 is 1.02 bits per heavy atom. The lowest BCUT2D eigenvalue weighted by Gasteiger charge is -2.44. The van der Waals surface area contributed by atoms with E-state index in [0.29, 0.717) is 11.8 Å². The van der Waals surface area contributed by atoms with Crippen LogP contribution >= 0.6 is 0 Å². The highest BCUT2D eigenvalue weighted by Crippen LogP contribution is 2.46. The minimum Gasteiger partial charge on any atom is -0.311 e. The number of benzene rings is 6. The van der Waals surface area contributed by atoms with E-state index in [9.17, 15) is 0 Å². The SMILES string of the molecule is CC(C)c1cc(N2c3ccccc3B3c4ccccc4N(c4ccccc4)c4cccc2c43)cc(C(C)C)c1-n1[c-][n+](-c2c(C(C)C)cccc2C(C)C)c2cnccc21. The summed E-state index contributed by atoms with van der Waals surface area (Å²) in [4.78, 5) is 9.68. The molecule has 0 atom stereocenters. The fourth-order valence-corrected chi connectivity index (χ4v) is 9.96. The van der Waals surface area contributed by atoms with E-state index in [1.165, 1.54) is 78.5 Å². The Kier molecular flexibility index (Phi) is 9.28. The van der Waals surface area contributed by atoms with Crippen LogP contribution < -0.4 is 30.8 Å². The van der Waals surface area contributed by atoms with Gasteiger partial charge in [-0.1, -0.05) is 134 Å². The molecule has 0 saturated carbocycles. The van der Waals surface area contributed by atoms with Gasteiger partial charge in [0.15, 0.2) is 0 Å². The third-order valence-corrected chi connectivity index (χ3v) is 12.7. The third-order valence-electron chi connectivity index (χ3n) is 12.7. The number of fused-ring (bicyclic) bond motifs is 5. The number of anilines is 6. The zero-order chi connectivity index (χ0) is 41.4. The van der Waals surface area contributed by atoms with E-state index in [0.717, 1.165) is 16.7 Å². The minimum atomic E-state index is 0.0996. The monoisotopic (exact) mass is 781 g/mol. The first-order chi connectivity index (χ1) is 29.1. The Balaban J connectivity index is 1.23. The van der Waals surface area contributed by atoms with Crippen molar-refractivity contribution in [3.05, 3.63) is 174 Å². The van der Waals surface area contributed by atoms with Gasteiger partial charge in [0.2, 0.25) is 0 Å². The zero-order valence-electron chi connectivity index (χ0n) is 36.0. The fourth-order valence-electron chi connectivity index (χ4n) is 9.96.